The van der Waals surface area contributed by atoms with Gasteiger partial charge in [-0.2, -0.15) is 0 Å². The second kappa shape index (κ2) is 7.85. The number of hydrogen-bond donors (Lipinski definition) is 2. The maximum Gasteiger partial charge on any atom is 0.261 e. The minimum absolute atomic E-state index is 0.0541. The first kappa shape index (κ1) is 18.2. The van der Waals surface area contributed by atoms with E-state index < -0.39 is 0 Å². The summed E-state index contributed by atoms with van der Waals surface area (Å²) in [4.78, 5) is 21.4. The highest BCUT2D eigenvalue weighted by Crippen LogP contribution is 2.26. The molecule has 0 aliphatic carbocycles. The molecule has 0 saturated carbocycles. The molecule has 2 aromatic heterocycles. The van der Waals surface area contributed by atoms with Gasteiger partial charge in [0.15, 0.2) is 0 Å². The first-order chi connectivity index (χ1) is 14.1. The second-order valence-electron chi connectivity index (χ2n) is 6.16. The highest BCUT2D eigenvalue weighted by Gasteiger charge is 2.14. The van der Waals surface area contributed by atoms with Crippen LogP contribution in [0.15, 0.2) is 82.5 Å². The number of anilines is 1. The molecule has 0 unspecified atom stereocenters. The zero-order valence-electron chi connectivity index (χ0n) is 15.5. The fourth-order valence-electron chi connectivity index (χ4n) is 2.82. The molecule has 0 radical (unpaired) electrons. The van der Waals surface area contributed by atoms with Crippen LogP contribution in [0.1, 0.15) is 10.4 Å². The first-order valence-electron chi connectivity index (χ1n) is 8.80. The van der Waals surface area contributed by atoms with Gasteiger partial charge in [0.1, 0.15) is 28.3 Å². The highest BCUT2D eigenvalue weighted by atomic mass is 16.5. The number of phenols is 1. The van der Waals surface area contributed by atoms with Crippen molar-refractivity contribution in [2.75, 3.05) is 12.4 Å². The van der Waals surface area contributed by atoms with Crippen molar-refractivity contribution in [1.82, 2.24) is 4.98 Å². The molecule has 1 amide bonds. The zero-order valence-corrected chi connectivity index (χ0v) is 15.5. The van der Waals surface area contributed by atoms with Crippen LogP contribution in [0.4, 0.5) is 11.4 Å². The number of aromatic hydroxyl groups is 1. The number of amides is 1. The molecule has 2 heterocycles. The number of para-hydroxylation sites is 2. The Balaban J connectivity index is 1.89. The Morgan fingerprint density at radius 1 is 1.10 bits per heavy atom. The van der Waals surface area contributed by atoms with Crippen LogP contribution in [0.25, 0.3) is 11.0 Å². The number of nitrogens with one attached hydrogen (secondary N) is 1. The fraction of sp³-hybridized carbons (Fsp3) is 0.0455. The Labute approximate surface area is 165 Å². The molecule has 0 bridgehead atoms. The third-order valence-corrected chi connectivity index (χ3v) is 4.22. The molecule has 0 spiro atoms. The number of fused-ring (bicyclic) bond motifs is 1. The van der Waals surface area contributed by atoms with Gasteiger partial charge in [-0.25, -0.2) is 4.99 Å². The van der Waals surface area contributed by atoms with Crippen molar-refractivity contribution in [2.45, 2.75) is 0 Å². The number of hydrogen-bond acceptors (Lipinski definition) is 6. The van der Waals surface area contributed by atoms with E-state index in [0.717, 1.165) is 0 Å². The summed E-state index contributed by atoms with van der Waals surface area (Å²) in [7, 11) is 1.54. The first-order valence-corrected chi connectivity index (χ1v) is 8.80. The van der Waals surface area contributed by atoms with E-state index in [1.807, 2.05) is 12.1 Å². The molecule has 144 valence electrons. The number of aromatic nitrogens is 1. The lowest BCUT2D eigenvalue weighted by atomic mass is 10.1. The average Bonchev–Trinajstić information content (AvgIpc) is 2.74. The normalized spacial score (nSPS) is 11.4. The van der Waals surface area contributed by atoms with Gasteiger partial charge in [-0.1, -0.05) is 12.1 Å². The van der Waals surface area contributed by atoms with E-state index in [4.69, 9.17) is 9.15 Å². The third-order valence-electron chi connectivity index (χ3n) is 4.22. The van der Waals surface area contributed by atoms with Gasteiger partial charge in [-0.15, -0.1) is 0 Å². The number of methoxy groups -OCH3 is 1. The molecule has 0 aliphatic heterocycles. The maximum absolute atomic E-state index is 13.0. The Morgan fingerprint density at radius 2 is 1.90 bits per heavy atom. The summed E-state index contributed by atoms with van der Waals surface area (Å²) in [6.07, 6.45) is 3.17. The van der Waals surface area contributed by atoms with Crippen LogP contribution >= 0.6 is 0 Å². The van der Waals surface area contributed by atoms with E-state index in [2.05, 4.69) is 15.3 Å². The van der Waals surface area contributed by atoms with Gasteiger partial charge in [0, 0.05) is 29.5 Å². The van der Waals surface area contributed by atoms with Gasteiger partial charge in [-0.3, -0.25) is 9.78 Å². The van der Waals surface area contributed by atoms with E-state index in [0.29, 0.717) is 28.1 Å². The van der Waals surface area contributed by atoms with Gasteiger partial charge in [0.05, 0.1) is 7.11 Å². The minimum atomic E-state index is -0.386. The van der Waals surface area contributed by atoms with Crippen LogP contribution in [0.3, 0.4) is 0 Å². The van der Waals surface area contributed by atoms with Crippen molar-refractivity contribution in [3.63, 3.8) is 0 Å². The lowest BCUT2D eigenvalue weighted by Crippen LogP contribution is -2.21. The summed E-state index contributed by atoms with van der Waals surface area (Å²) >= 11 is 0. The Morgan fingerprint density at radius 3 is 2.69 bits per heavy atom. The van der Waals surface area contributed by atoms with Crippen molar-refractivity contribution in [3.05, 3.63) is 84.2 Å². The number of phenolic OH excluding ortho intramolecular Hbond substituents is 1. The lowest BCUT2D eigenvalue weighted by Gasteiger charge is -2.08. The monoisotopic (exact) mass is 387 g/mol. The van der Waals surface area contributed by atoms with Crippen LogP contribution in [0.2, 0.25) is 0 Å². The quantitative estimate of drug-likeness (QED) is 0.551. The van der Waals surface area contributed by atoms with Crippen LogP contribution in [-0.4, -0.2) is 23.1 Å². The van der Waals surface area contributed by atoms with E-state index in [-0.39, 0.29) is 22.8 Å². The molecule has 2 aromatic carbocycles. The Kier molecular flexibility index (Phi) is 4.94. The molecule has 4 rings (SSSR count). The largest absolute Gasteiger partial charge is 0.508 e. The molecule has 0 fully saturated rings. The van der Waals surface area contributed by atoms with Crippen molar-refractivity contribution in [2.24, 2.45) is 4.99 Å². The lowest BCUT2D eigenvalue weighted by molar-refractivity contribution is 0.102. The minimum Gasteiger partial charge on any atom is -0.508 e. The summed E-state index contributed by atoms with van der Waals surface area (Å²) in [6, 6.07) is 16.9. The van der Waals surface area contributed by atoms with Gasteiger partial charge in [0.2, 0.25) is 5.55 Å². The van der Waals surface area contributed by atoms with Crippen molar-refractivity contribution in [1.29, 1.82) is 0 Å². The van der Waals surface area contributed by atoms with Crippen molar-refractivity contribution in [3.8, 4) is 11.5 Å². The van der Waals surface area contributed by atoms with E-state index in [9.17, 15) is 9.90 Å². The van der Waals surface area contributed by atoms with E-state index >= 15 is 0 Å². The van der Waals surface area contributed by atoms with Gasteiger partial charge in [-0.05, 0) is 42.5 Å². The molecule has 7 heteroatoms. The molecule has 7 nitrogen and oxygen atoms in total. The third kappa shape index (κ3) is 3.93. The summed E-state index contributed by atoms with van der Waals surface area (Å²) in [6.45, 7) is 0. The van der Waals surface area contributed by atoms with Crippen LogP contribution < -0.4 is 15.6 Å². The molecule has 0 aliphatic rings. The molecule has 0 saturated heterocycles. The number of carbonyl (C=O) groups is 1. The van der Waals surface area contributed by atoms with Crippen LogP contribution in [-0.2, 0) is 0 Å². The number of pyridine rings is 1. The van der Waals surface area contributed by atoms with Crippen molar-refractivity contribution < 1.29 is 19.1 Å². The maximum atomic E-state index is 13.0. The molecular weight excluding hydrogens is 370 g/mol. The zero-order chi connectivity index (χ0) is 20.2. The Hall–Kier alpha value is -4.13. The van der Waals surface area contributed by atoms with Crippen molar-refractivity contribution >= 4 is 28.3 Å². The standard InChI is InChI=1S/C22H17N3O4/c1-28-19-5-3-2-4-18(19)25-22-17(21(27)24-15-8-10-23-11-9-15)12-14-6-7-16(26)13-20(14)29-22/h2-13,26H,1H3,(H,23,24,27). The van der Waals surface area contributed by atoms with Crippen LogP contribution in [0, 0.1) is 0 Å². The number of benzene rings is 2. The number of ether oxygens (including phenoxy) is 1. The molecule has 0 atom stereocenters. The Bertz CT molecular complexity index is 1250. The SMILES string of the molecule is COc1ccccc1N=c1oc2cc(O)ccc2cc1C(=O)Nc1ccncc1. The fourth-order valence-corrected chi connectivity index (χ4v) is 2.82. The highest BCUT2D eigenvalue weighted by molar-refractivity contribution is 6.05. The average molecular weight is 387 g/mol. The topological polar surface area (TPSA) is 97.0 Å². The van der Waals surface area contributed by atoms with Gasteiger partial charge in [0.25, 0.3) is 5.91 Å². The summed E-state index contributed by atoms with van der Waals surface area (Å²) in [5, 5.41) is 13.2. The van der Waals surface area contributed by atoms with E-state index in [1.54, 1.807) is 55.9 Å². The van der Waals surface area contributed by atoms with Gasteiger partial charge >= 0.3 is 0 Å². The van der Waals surface area contributed by atoms with E-state index in [1.165, 1.54) is 12.1 Å². The number of nitrogens with zero attached hydrogens (tertiary/aromatic N) is 2. The smallest absolute Gasteiger partial charge is 0.261 e. The molecular formula is C22H17N3O4. The number of rotatable bonds is 4. The predicted molar refractivity (Wildman–Crippen MR) is 108 cm³/mol. The molecule has 29 heavy (non-hydrogen) atoms. The molecule has 4 aromatic rings. The van der Waals surface area contributed by atoms with Crippen LogP contribution in [0.5, 0.6) is 11.5 Å². The number of carbonyl (C=O) groups excluding carboxylic acids is 1. The summed E-state index contributed by atoms with van der Waals surface area (Å²) in [5.41, 5.74) is 1.85. The predicted octanol–water partition coefficient (Wildman–Crippen LogP) is 4.03. The van der Waals surface area contributed by atoms with Gasteiger partial charge < -0.3 is 19.6 Å². The summed E-state index contributed by atoms with van der Waals surface area (Å²) < 4.78 is 11.2. The second-order valence-corrected chi connectivity index (χ2v) is 6.16. The molecule has 2 N–H and O–H groups in total. The summed E-state index contributed by atoms with van der Waals surface area (Å²) in [5.74, 6) is 0.209.